The first-order valence-corrected chi connectivity index (χ1v) is 5.69. The lowest BCUT2D eigenvalue weighted by atomic mass is 10.0. The van der Waals surface area contributed by atoms with Crippen molar-refractivity contribution in [2.75, 3.05) is 6.54 Å². The smallest absolute Gasteiger partial charge is 0.239 e. The summed E-state index contributed by atoms with van der Waals surface area (Å²) < 4.78 is 0. The van der Waals surface area contributed by atoms with Gasteiger partial charge in [0.1, 0.15) is 0 Å². The van der Waals surface area contributed by atoms with E-state index < -0.39 is 0 Å². The molecular formula is C12H17N3O. The van der Waals surface area contributed by atoms with Gasteiger partial charge in [-0.25, -0.2) is 0 Å². The van der Waals surface area contributed by atoms with Crippen molar-refractivity contribution in [2.45, 2.75) is 32.4 Å². The Morgan fingerprint density at radius 2 is 2.50 bits per heavy atom. The van der Waals surface area contributed by atoms with Crippen LogP contribution in [-0.4, -0.2) is 28.4 Å². The van der Waals surface area contributed by atoms with Crippen LogP contribution in [0.25, 0.3) is 0 Å². The summed E-state index contributed by atoms with van der Waals surface area (Å²) in [5, 5.41) is 0. The molecule has 0 unspecified atom stereocenters. The molecule has 1 aromatic heterocycles. The lowest BCUT2D eigenvalue weighted by molar-refractivity contribution is -0.133. The Bertz CT molecular complexity index is 392. The summed E-state index contributed by atoms with van der Waals surface area (Å²) in [5.74, 6) is 0.0528. The SMILES string of the molecule is CC[C@H](N)C(=O)N1CCc2ncccc2C1. The van der Waals surface area contributed by atoms with Crippen LogP contribution in [0.15, 0.2) is 18.3 Å². The highest BCUT2D eigenvalue weighted by molar-refractivity contribution is 5.81. The number of nitrogens with two attached hydrogens (primary N) is 1. The fraction of sp³-hybridized carbons (Fsp3) is 0.500. The molecule has 0 fully saturated rings. The van der Waals surface area contributed by atoms with E-state index in [0.29, 0.717) is 13.0 Å². The first kappa shape index (κ1) is 11.1. The van der Waals surface area contributed by atoms with E-state index in [1.807, 2.05) is 24.0 Å². The first-order valence-electron chi connectivity index (χ1n) is 5.69. The van der Waals surface area contributed by atoms with Crippen LogP contribution in [0.5, 0.6) is 0 Å². The van der Waals surface area contributed by atoms with Gasteiger partial charge in [-0.15, -0.1) is 0 Å². The summed E-state index contributed by atoms with van der Waals surface area (Å²) in [6.45, 7) is 3.31. The summed E-state index contributed by atoms with van der Waals surface area (Å²) in [6, 6.07) is 3.57. The zero-order valence-electron chi connectivity index (χ0n) is 9.52. The van der Waals surface area contributed by atoms with Gasteiger partial charge in [0, 0.05) is 31.4 Å². The average Bonchev–Trinajstić information content (AvgIpc) is 2.36. The molecule has 1 atom stereocenters. The Kier molecular flexibility index (Phi) is 3.19. The van der Waals surface area contributed by atoms with E-state index in [9.17, 15) is 4.79 Å². The van der Waals surface area contributed by atoms with Gasteiger partial charge in [0.25, 0.3) is 0 Å². The number of carbonyl (C=O) groups is 1. The fourth-order valence-electron chi connectivity index (χ4n) is 1.96. The van der Waals surface area contributed by atoms with Crippen molar-refractivity contribution in [1.82, 2.24) is 9.88 Å². The highest BCUT2D eigenvalue weighted by Gasteiger charge is 2.24. The fourth-order valence-corrected chi connectivity index (χ4v) is 1.96. The zero-order chi connectivity index (χ0) is 11.5. The molecule has 0 saturated carbocycles. The lowest BCUT2D eigenvalue weighted by Crippen LogP contribution is -2.45. The number of amides is 1. The molecule has 0 spiro atoms. The van der Waals surface area contributed by atoms with Gasteiger partial charge in [0.15, 0.2) is 0 Å². The van der Waals surface area contributed by atoms with Crippen LogP contribution in [0.4, 0.5) is 0 Å². The normalized spacial score (nSPS) is 16.8. The molecule has 1 aromatic rings. The third-order valence-electron chi connectivity index (χ3n) is 3.03. The van der Waals surface area contributed by atoms with E-state index in [1.165, 1.54) is 0 Å². The Hall–Kier alpha value is -1.42. The van der Waals surface area contributed by atoms with Crippen molar-refractivity contribution in [3.8, 4) is 0 Å². The molecule has 2 N–H and O–H groups in total. The molecule has 16 heavy (non-hydrogen) atoms. The maximum atomic E-state index is 11.9. The third kappa shape index (κ3) is 2.07. The summed E-state index contributed by atoms with van der Waals surface area (Å²) >= 11 is 0. The van der Waals surface area contributed by atoms with Gasteiger partial charge in [0.2, 0.25) is 5.91 Å². The molecule has 4 nitrogen and oxygen atoms in total. The van der Waals surface area contributed by atoms with Gasteiger partial charge in [-0.1, -0.05) is 13.0 Å². The van der Waals surface area contributed by atoms with E-state index in [-0.39, 0.29) is 11.9 Å². The molecule has 0 radical (unpaired) electrons. The van der Waals surface area contributed by atoms with Crippen LogP contribution in [0, 0.1) is 0 Å². The Labute approximate surface area is 95.5 Å². The molecule has 0 aliphatic carbocycles. The second-order valence-corrected chi connectivity index (χ2v) is 4.13. The van der Waals surface area contributed by atoms with Crippen molar-refractivity contribution < 1.29 is 4.79 Å². The minimum atomic E-state index is -0.363. The lowest BCUT2D eigenvalue weighted by Gasteiger charge is -2.29. The van der Waals surface area contributed by atoms with Gasteiger partial charge in [-0.2, -0.15) is 0 Å². The zero-order valence-corrected chi connectivity index (χ0v) is 9.52. The van der Waals surface area contributed by atoms with Gasteiger partial charge < -0.3 is 10.6 Å². The number of hydrogen-bond donors (Lipinski definition) is 1. The summed E-state index contributed by atoms with van der Waals surface area (Å²) in [7, 11) is 0. The standard InChI is InChI=1S/C12H17N3O/c1-2-10(13)12(16)15-7-5-11-9(8-15)4-3-6-14-11/h3-4,6,10H,2,5,7-8,13H2,1H3/t10-/m0/s1. The average molecular weight is 219 g/mol. The number of pyridine rings is 1. The number of nitrogens with zero attached hydrogens (tertiary/aromatic N) is 2. The predicted molar refractivity (Wildman–Crippen MR) is 61.6 cm³/mol. The van der Waals surface area contributed by atoms with Crippen LogP contribution < -0.4 is 5.73 Å². The van der Waals surface area contributed by atoms with Crippen LogP contribution in [0.1, 0.15) is 24.6 Å². The minimum Gasteiger partial charge on any atom is -0.337 e. The highest BCUT2D eigenvalue weighted by atomic mass is 16.2. The van der Waals surface area contributed by atoms with Gasteiger partial charge >= 0.3 is 0 Å². The maximum Gasteiger partial charge on any atom is 0.239 e. The first-order chi connectivity index (χ1) is 7.72. The van der Waals surface area contributed by atoms with Gasteiger partial charge in [0.05, 0.1) is 6.04 Å². The van der Waals surface area contributed by atoms with E-state index in [4.69, 9.17) is 5.73 Å². The van der Waals surface area contributed by atoms with Crippen LogP contribution >= 0.6 is 0 Å². The van der Waals surface area contributed by atoms with Crippen molar-refractivity contribution in [3.05, 3.63) is 29.6 Å². The number of hydrogen-bond acceptors (Lipinski definition) is 3. The summed E-state index contributed by atoms with van der Waals surface area (Å²) in [4.78, 5) is 18.1. The van der Waals surface area contributed by atoms with Crippen molar-refractivity contribution in [3.63, 3.8) is 0 Å². The van der Waals surface area contributed by atoms with E-state index >= 15 is 0 Å². The second-order valence-electron chi connectivity index (χ2n) is 4.13. The molecule has 86 valence electrons. The molecular weight excluding hydrogens is 202 g/mol. The third-order valence-corrected chi connectivity index (χ3v) is 3.03. The van der Waals surface area contributed by atoms with E-state index in [0.717, 1.165) is 24.2 Å². The number of rotatable bonds is 2. The highest BCUT2D eigenvalue weighted by Crippen LogP contribution is 2.16. The van der Waals surface area contributed by atoms with Crippen molar-refractivity contribution in [2.24, 2.45) is 5.73 Å². The van der Waals surface area contributed by atoms with E-state index in [1.54, 1.807) is 6.20 Å². The summed E-state index contributed by atoms with van der Waals surface area (Å²) in [6.07, 6.45) is 3.32. The molecule has 0 bridgehead atoms. The molecule has 4 heteroatoms. The Balaban J connectivity index is 2.11. The molecule has 2 heterocycles. The molecule has 1 aliphatic rings. The second kappa shape index (κ2) is 4.61. The molecule has 0 aromatic carbocycles. The predicted octanol–water partition coefficient (Wildman–Crippen LogP) is 0.704. The molecule has 1 aliphatic heterocycles. The van der Waals surface area contributed by atoms with Crippen LogP contribution in [-0.2, 0) is 17.8 Å². The number of fused-ring (bicyclic) bond motifs is 1. The van der Waals surface area contributed by atoms with Crippen molar-refractivity contribution in [1.29, 1.82) is 0 Å². The topological polar surface area (TPSA) is 59.2 Å². The molecule has 2 rings (SSSR count). The molecule has 0 saturated heterocycles. The number of carbonyl (C=O) groups excluding carboxylic acids is 1. The monoisotopic (exact) mass is 219 g/mol. The largest absolute Gasteiger partial charge is 0.337 e. The summed E-state index contributed by atoms with van der Waals surface area (Å²) in [5.41, 5.74) is 8.01. The van der Waals surface area contributed by atoms with Crippen molar-refractivity contribution >= 4 is 5.91 Å². The molecule has 1 amide bonds. The Morgan fingerprint density at radius 1 is 1.69 bits per heavy atom. The van der Waals surface area contributed by atoms with Gasteiger partial charge in [-0.05, 0) is 18.1 Å². The number of aromatic nitrogens is 1. The van der Waals surface area contributed by atoms with Crippen LogP contribution in [0.3, 0.4) is 0 Å². The Morgan fingerprint density at radius 3 is 3.25 bits per heavy atom. The van der Waals surface area contributed by atoms with Gasteiger partial charge in [-0.3, -0.25) is 9.78 Å². The van der Waals surface area contributed by atoms with Crippen LogP contribution in [0.2, 0.25) is 0 Å². The minimum absolute atomic E-state index is 0.0528. The van der Waals surface area contributed by atoms with E-state index in [2.05, 4.69) is 4.98 Å². The quantitative estimate of drug-likeness (QED) is 0.796. The maximum absolute atomic E-state index is 11.9.